The predicted molar refractivity (Wildman–Crippen MR) is 264 cm³/mol. The summed E-state index contributed by atoms with van der Waals surface area (Å²) in [6.45, 7) is 0. The van der Waals surface area contributed by atoms with Gasteiger partial charge in [0.2, 0.25) is 0 Å². The van der Waals surface area contributed by atoms with Crippen LogP contribution in [0.3, 0.4) is 0 Å². The van der Waals surface area contributed by atoms with Crippen LogP contribution in [0.15, 0.2) is 235 Å². The molecule has 5 nitrogen and oxygen atoms in total. The molecule has 0 aliphatic rings. The molecule has 0 aliphatic carbocycles. The van der Waals surface area contributed by atoms with Gasteiger partial charge in [-0.1, -0.05) is 176 Å². The molecule has 10 aromatic carbocycles. The van der Waals surface area contributed by atoms with E-state index >= 15 is 0 Å². The molecule has 2 aromatic heterocycles. The van der Waals surface area contributed by atoms with Gasteiger partial charge in [0.1, 0.15) is 11.2 Å². The highest BCUT2D eigenvalue weighted by Crippen LogP contribution is 2.42. The first-order valence-corrected chi connectivity index (χ1v) is 21.5. The van der Waals surface area contributed by atoms with Crippen LogP contribution in [0.1, 0.15) is 0 Å². The summed E-state index contributed by atoms with van der Waals surface area (Å²) in [7, 11) is 0. The first-order chi connectivity index (χ1) is 31.7. The van der Waals surface area contributed by atoms with E-state index in [2.05, 4.69) is 187 Å². The summed E-state index contributed by atoms with van der Waals surface area (Å²) in [6.07, 6.45) is 0. The van der Waals surface area contributed by atoms with Gasteiger partial charge in [0.05, 0.1) is 0 Å². The van der Waals surface area contributed by atoms with E-state index in [1.54, 1.807) is 0 Å². The standard InChI is InChI=1S/C59H38N4O/c1-4-14-39(15-5-1)41-24-26-44(27-25-41)58-60-57(43-17-6-2-7-18-43)61-59(62-58)54-38-53-51-22-12-13-23-55(51)64-56(53)52-37-46(31-35-50(52)54)42-28-32-48(33-29-42)63(47-20-8-3-9-21-47)49-34-30-40-16-10-11-19-45(40)36-49/h1-38H. The Morgan fingerprint density at radius 2 is 0.797 bits per heavy atom. The number of anilines is 3. The van der Waals surface area contributed by atoms with Crippen LogP contribution >= 0.6 is 0 Å². The summed E-state index contributed by atoms with van der Waals surface area (Å²) < 4.78 is 6.70. The summed E-state index contributed by atoms with van der Waals surface area (Å²) in [5.74, 6) is 1.82. The molecule has 0 atom stereocenters. The van der Waals surface area contributed by atoms with E-state index in [-0.39, 0.29) is 0 Å². The predicted octanol–water partition coefficient (Wildman–Crippen LogP) is 15.9. The van der Waals surface area contributed by atoms with E-state index in [0.29, 0.717) is 17.5 Å². The number of hydrogen-bond acceptors (Lipinski definition) is 5. The van der Waals surface area contributed by atoms with Crippen molar-refractivity contribution in [3.63, 3.8) is 0 Å². The van der Waals surface area contributed by atoms with Gasteiger partial charge in [0.25, 0.3) is 0 Å². The Balaban J connectivity index is 0.997. The summed E-state index contributed by atoms with van der Waals surface area (Å²) in [5.41, 5.74) is 12.1. The molecule has 64 heavy (non-hydrogen) atoms. The van der Waals surface area contributed by atoms with Gasteiger partial charge in [-0.05, 0) is 93.0 Å². The summed E-state index contributed by atoms with van der Waals surface area (Å²) >= 11 is 0. The third-order valence-electron chi connectivity index (χ3n) is 12.1. The number of para-hydroxylation sites is 2. The van der Waals surface area contributed by atoms with Crippen molar-refractivity contribution >= 4 is 60.5 Å². The lowest BCUT2D eigenvalue weighted by Crippen LogP contribution is -2.09. The maximum absolute atomic E-state index is 6.70. The maximum Gasteiger partial charge on any atom is 0.164 e. The van der Waals surface area contributed by atoms with Gasteiger partial charge in [-0.2, -0.15) is 0 Å². The zero-order chi connectivity index (χ0) is 42.4. The number of aromatic nitrogens is 3. The van der Waals surface area contributed by atoms with Crippen molar-refractivity contribution in [2.75, 3.05) is 4.90 Å². The molecule has 12 rings (SSSR count). The van der Waals surface area contributed by atoms with Gasteiger partial charge in [0.15, 0.2) is 17.5 Å². The smallest absolute Gasteiger partial charge is 0.164 e. The van der Waals surface area contributed by atoms with Crippen LogP contribution in [0, 0.1) is 0 Å². The van der Waals surface area contributed by atoms with Crippen LogP contribution in [0.2, 0.25) is 0 Å². The molecular weight excluding hydrogens is 781 g/mol. The number of furan rings is 1. The Morgan fingerprint density at radius 3 is 1.55 bits per heavy atom. The molecule has 300 valence electrons. The molecule has 0 unspecified atom stereocenters. The van der Waals surface area contributed by atoms with Gasteiger partial charge < -0.3 is 9.32 Å². The van der Waals surface area contributed by atoms with E-state index < -0.39 is 0 Å². The molecule has 0 spiro atoms. The summed E-state index contributed by atoms with van der Waals surface area (Å²) in [6, 6.07) is 80.6. The van der Waals surface area contributed by atoms with Crippen LogP contribution in [0.5, 0.6) is 0 Å². The van der Waals surface area contributed by atoms with Crippen molar-refractivity contribution in [3.05, 3.63) is 231 Å². The van der Waals surface area contributed by atoms with Crippen LogP contribution in [0.4, 0.5) is 17.1 Å². The van der Waals surface area contributed by atoms with E-state index in [0.717, 1.165) is 88.7 Å². The minimum Gasteiger partial charge on any atom is -0.455 e. The first kappa shape index (κ1) is 37.1. The molecule has 2 heterocycles. The Bertz CT molecular complexity index is 3640. The lowest BCUT2D eigenvalue weighted by atomic mass is 9.95. The number of hydrogen-bond donors (Lipinski definition) is 0. The normalized spacial score (nSPS) is 11.4. The average molecular weight is 819 g/mol. The molecular formula is C59H38N4O. The fourth-order valence-corrected chi connectivity index (χ4v) is 8.89. The number of fused-ring (bicyclic) bond motifs is 6. The van der Waals surface area contributed by atoms with Crippen LogP contribution in [-0.2, 0) is 0 Å². The molecule has 0 bridgehead atoms. The van der Waals surface area contributed by atoms with Gasteiger partial charge in [0, 0.05) is 49.9 Å². The fraction of sp³-hybridized carbons (Fsp3) is 0. The highest BCUT2D eigenvalue weighted by atomic mass is 16.3. The molecule has 0 saturated carbocycles. The van der Waals surface area contributed by atoms with Crippen LogP contribution < -0.4 is 4.90 Å². The Kier molecular flexibility index (Phi) is 9.08. The number of benzene rings is 10. The number of rotatable bonds is 8. The first-order valence-electron chi connectivity index (χ1n) is 21.5. The monoisotopic (exact) mass is 818 g/mol. The van der Waals surface area contributed by atoms with Crippen molar-refractivity contribution in [2.24, 2.45) is 0 Å². The topological polar surface area (TPSA) is 55.1 Å². The van der Waals surface area contributed by atoms with E-state index in [1.807, 2.05) is 48.5 Å². The van der Waals surface area contributed by atoms with Gasteiger partial charge in [-0.3, -0.25) is 0 Å². The third-order valence-corrected chi connectivity index (χ3v) is 12.1. The van der Waals surface area contributed by atoms with E-state index in [9.17, 15) is 0 Å². The van der Waals surface area contributed by atoms with Crippen LogP contribution in [0.25, 0.3) is 99.9 Å². The van der Waals surface area contributed by atoms with Crippen molar-refractivity contribution in [1.82, 2.24) is 15.0 Å². The minimum absolute atomic E-state index is 0.597. The van der Waals surface area contributed by atoms with Gasteiger partial charge >= 0.3 is 0 Å². The molecule has 0 aliphatic heterocycles. The molecule has 0 fully saturated rings. The zero-order valence-corrected chi connectivity index (χ0v) is 34.6. The number of nitrogens with zero attached hydrogens (tertiary/aromatic N) is 4. The quantitative estimate of drug-likeness (QED) is 0.153. The highest BCUT2D eigenvalue weighted by Gasteiger charge is 2.20. The van der Waals surface area contributed by atoms with Gasteiger partial charge in [-0.15, -0.1) is 0 Å². The molecule has 12 aromatic rings. The van der Waals surface area contributed by atoms with Crippen molar-refractivity contribution < 1.29 is 4.42 Å². The largest absolute Gasteiger partial charge is 0.455 e. The Morgan fingerprint density at radius 1 is 0.297 bits per heavy atom. The van der Waals surface area contributed by atoms with Crippen molar-refractivity contribution in [1.29, 1.82) is 0 Å². The SMILES string of the molecule is c1ccc(-c2ccc(-c3nc(-c4ccccc4)nc(-c4cc5c6ccccc6oc5c5cc(-c6ccc(N(c7ccccc7)c7ccc8ccccc8c7)cc6)ccc45)n3)cc2)cc1. The van der Waals surface area contributed by atoms with Gasteiger partial charge in [-0.25, -0.2) is 15.0 Å². The third kappa shape index (κ3) is 6.73. The Labute approximate surface area is 370 Å². The van der Waals surface area contributed by atoms with E-state index in [1.165, 1.54) is 10.8 Å². The van der Waals surface area contributed by atoms with E-state index in [4.69, 9.17) is 19.4 Å². The second kappa shape index (κ2) is 15.7. The Hall–Kier alpha value is -8.67. The molecule has 5 heteroatoms. The average Bonchev–Trinajstić information content (AvgIpc) is 3.76. The lowest BCUT2D eigenvalue weighted by Gasteiger charge is -2.26. The molecule has 0 saturated heterocycles. The minimum atomic E-state index is 0.597. The lowest BCUT2D eigenvalue weighted by molar-refractivity contribution is 0.672. The highest BCUT2D eigenvalue weighted by molar-refractivity contribution is 6.19. The molecule has 0 radical (unpaired) electrons. The summed E-state index contributed by atoms with van der Waals surface area (Å²) in [4.78, 5) is 17.8. The second-order valence-corrected chi connectivity index (χ2v) is 16.0. The molecule has 0 N–H and O–H groups in total. The van der Waals surface area contributed by atoms with Crippen LogP contribution in [-0.4, -0.2) is 15.0 Å². The summed E-state index contributed by atoms with van der Waals surface area (Å²) in [5, 5.41) is 6.45. The van der Waals surface area contributed by atoms with Crippen molar-refractivity contribution in [2.45, 2.75) is 0 Å². The second-order valence-electron chi connectivity index (χ2n) is 16.0. The van der Waals surface area contributed by atoms with Crippen molar-refractivity contribution in [3.8, 4) is 56.4 Å². The zero-order valence-electron chi connectivity index (χ0n) is 34.6. The maximum atomic E-state index is 6.70. The fourth-order valence-electron chi connectivity index (χ4n) is 8.89. The molecule has 0 amide bonds.